The number of rotatable bonds is 3. The van der Waals surface area contributed by atoms with Crippen molar-refractivity contribution in [1.29, 1.82) is 0 Å². The molecular weight excluding hydrogens is 200 g/mol. The number of benzene rings is 1. The van der Waals surface area contributed by atoms with Crippen molar-refractivity contribution in [2.24, 2.45) is 5.73 Å². The monoisotopic (exact) mass is 214 g/mol. The number of aryl methyl sites for hydroxylation is 1. The highest BCUT2D eigenvalue weighted by atomic mass is 16.5. The lowest BCUT2D eigenvalue weighted by Gasteiger charge is -2.08. The third-order valence-electron chi connectivity index (χ3n) is 2.32. The van der Waals surface area contributed by atoms with Gasteiger partial charge in [0.25, 0.3) is 0 Å². The second kappa shape index (κ2) is 4.77. The van der Waals surface area contributed by atoms with Crippen molar-refractivity contribution in [2.45, 2.75) is 13.5 Å². The van der Waals surface area contributed by atoms with E-state index in [4.69, 9.17) is 10.5 Å². The van der Waals surface area contributed by atoms with Crippen molar-refractivity contribution in [1.82, 2.24) is 4.98 Å². The van der Waals surface area contributed by atoms with Gasteiger partial charge in [0.15, 0.2) is 0 Å². The average molecular weight is 214 g/mol. The van der Waals surface area contributed by atoms with Crippen LogP contribution in [0.3, 0.4) is 0 Å². The van der Waals surface area contributed by atoms with Crippen molar-refractivity contribution in [3.63, 3.8) is 0 Å². The van der Waals surface area contributed by atoms with Gasteiger partial charge in [0.05, 0.1) is 5.69 Å². The highest BCUT2D eigenvalue weighted by Gasteiger charge is 2.01. The fraction of sp³-hybridized carbons (Fsp3) is 0.154. The Morgan fingerprint density at radius 1 is 1.25 bits per heavy atom. The summed E-state index contributed by atoms with van der Waals surface area (Å²) in [4.78, 5) is 4.17. The molecule has 0 aliphatic heterocycles. The Balaban J connectivity index is 2.24. The molecule has 2 rings (SSSR count). The van der Waals surface area contributed by atoms with Crippen LogP contribution < -0.4 is 10.5 Å². The maximum atomic E-state index is 5.73. The molecule has 3 heteroatoms. The van der Waals surface area contributed by atoms with Crippen molar-refractivity contribution in [3.8, 4) is 11.5 Å². The van der Waals surface area contributed by atoms with Gasteiger partial charge >= 0.3 is 0 Å². The van der Waals surface area contributed by atoms with Crippen LogP contribution in [0.25, 0.3) is 0 Å². The number of hydrogen-bond donors (Lipinski definition) is 1. The Morgan fingerprint density at radius 2 is 2.12 bits per heavy atom. The third kappa shape index (κ3) is 2.38. The molecule has 2 aromatic rings. The molecule has 0 fully saturated rings. The highest BCUT2D eigenvalue weighted by Crippen LogP contribution is 2.23. The molecule has 1 aromatic carbocycles. The lowest BCUT2D eigenvalue weighted by Crippen LogP contribution is -1.96. The van der Waals surface area contributed by atoms with E-state index in [0.29, 0.717) is 6.54 Å². The first-order chi connectivity index (χ1) is 7.79. The third-order valence-corrected chi connectivity index (χ3v) is 2.32. The highest BCUT2D eigenvalue weighted by molar-refractivity contribution is 5.35. The number of aromatic nitrogens is 1. The topological polar surface area (TPSA) is 48.1 Å². The zero-order valence-corrected chi connectivity index (χ0v) is 9.18. The molecule has 1 heterocycles. The van der Waals surface area contributed by atoms with E-state index in [1.807, 2.05) is 43.3 Å². The van der Waals surface area contributed by atoms with Crippen LogP contribution in [0.1, 0.15) is 11.3 Å². The Morgan fingerprint density at radius 3 is 2.88 bits per heavy atom. The summed E-state index contributed by atoms with van der Waals surface area (Å²) in [5.74, 6) is 1.57. The molecule has 16 heavy (non-hydrogen) atoms. The minimum atomic E-state index is 0.517. The van der Waals surface area contributed by atoms with Gasteiger partial charge in [-0.3, -0.25) is 4.98 Å². The normalized spacial score (nSPS) is 10.1. The van der Waals surface area contributed by atoms with E-state index in [0.717, 1.165) is 22.8 Å². The Hall–Kier alpha value is -1.87. The average Bonchev–Trinajstić information content (AvgIpc) is 2.32. The number of ether oxygens (including phenoxy) is 1. The van der Waals surface area contributed by atoms with Gasteiger partial charge in [-0.25, -0.2) is 0 Å². The summed E-state index contributed by atoms with van der Waals surface area (Å²) in [5, 5.41) is 0. The van der Waals surface area contributed by atoms with Crippen LogP contribution >= 0.6 is 0 Å². The van der Waals surface area contributed by atoms with E-state index in [-0.39, 0.29) is 0 Å². The Bertz CT molecular complexity index is 483. The first-order valence-electron chi connectivity index (χ1n) is 5.18. The Kier molecular flexibility index (Phi) is 3.17. The van der Waals surface area contributed by atoms with Gasteiger partial charge in [0.2, 0.25) is 0 Å². The van der Waals surface area contributed by atoms with E-state index in [9.17, 15) is 0 Å². The van der Waals surface area contributed by atoms with Crippen molar-refractivity contribution < 1.29 is 4.74 Å². The van der Waals surface area contributed by atoms with Crippen LogP contribution in [0.2, 0.25) is 0 Å². The van der Waals surface area contributed by atoms with E-state index in [1.165, 1.54) is 0 Å². The molecule has 3 nitrogen and oxygen atoms in total. The summed E-state index contributed by atoms with van der Waals surface area (Å²) in [7, 11) is 0. The summed E-state index contributed by atoms with van der Waals surface area (Å²) >= 11 is 0. The van der Waals surface area contributed by atoms with E-state index < -0.39 is 0 Å². The molecule has 0 atom stereocenters. The zero-order chi connectivity index (χ0) is 11.4. The quantitative estimate of drug-likeness (QED) is 0.854. The van der Waals surface area contributed by atoms with Crippen LogP contribution in [-0.2, 0) is 6.54 Å². The fourth-order valence-electron chi connectivity index (χ4n) is 1.44. The molecule has 0 bridgehead atoms. The molecule has 0 spiro atoms. The molecule has 2 N–H and O–H groups in total. The number of nitrogens with zero attached hydrogens (tertiary/aromatic N) is 1. The first kappa shape index (κ1) is 10.6. The lowest BCUT2D eigenvalue weighted by atomic mass is 10.2. The van der Waals surface area contributed by atoms with Gasteiger partial charge in [-0.05, 0) is 36.8 Å². The van der Waals surface area contributed by atoms with Gasteiger partial charge in [-0.15, -0.1) is 0 Å². The second-order valence-electron chi connectivity index (χ2n) is 3.54. The van der Waals surface area contributed by atoms with Crippen molar-refractivity contribution >= 4 is 0 Å². The van der Waals surface area contributed by atoms with E-state index in [1.54, 1.807) is 6.20 Å². The summed E-state index contributed by atoms with van der Waals surface area (Å²) in [6, 6.07) is 11.5. The molecule has 0 aliphatic rings. The Labute approximate surface area is 94.9 Å². The molecule has 1 aromatic heterocycles. The van der Waals surface area contributed by atoms with Crippen LogP contribution in [-0.4, -0.2) is 4.98 Å². The predicted octanol–water partition coefficient (Wildman–Crippen LogP) is 2.64. The molecule has 0 unspecified atom stereocenters. The van der Waals surface area contributed by atoms with Gasteiger partial charge < -0.3 is 10.5 Å². The zero-order valence-electron chi connectivity index (χ0n) is 9.18. The SMILES string of the molecule is Cc1ncccc1Oc1cccc(CN)c1. The maximum Gasteiger partial charge on any atom is 0.148 e. The minimum Gasteiger partial charge on any atom is -0.455 e. The maximum absolute atomic E-state index is 5.73. The number of nitrogens with two attached hydrogens (primary N) is 1. The van der Waals surface area contributed by atoms with Crippen LogP contribution in [0.5, 0.6) is 11.5 Å². The van der Waals surface area contributed by atoms with Gasteiger partial charge in [0.1, 0.15) is 11.5 Å². The lowest BCUT2D eigenvalue weighted by molar-refractivity contribution is 0.475. The van der Waals surface area contributed by atoms with Crippen LogP contribution in [0.15, 0.2) is 42.6 Å². The summed E-state index contributed by atoms with van der Waals surface area (Å²) < 4.78 is 5.73. The molecule has 0 radical (unpaired) electrons. The van der Waals surface area contributed by atoms with Gasteiger partial charge in [-0.2, -0.15) is 0 Å². The van der Waals surface area contributed by atoms with Crippen LogP contribution in [0.4, 0.5) is 0 Å². The molecule has 0 saturated carbocycles. The molecule has 0 saturated heterocycles. The van der Waals surface area contributed by atoms with Crippen LogP contribution in [0, 0.1) is 6.92 Å². The predicted molar refractivity (Wildman–Crippen MR) is 63.4 cm³/mol. The summed E-state index contributed by atoms with van der Waals surface area (Å²) in [6.45, 7) is 2.44. The standard InChI is InChI=1S/C13H14N2O/c1-10-13(6-3-7-15-10)16-12-5-2-4-11(8-12)9-14/h2-8H,9,14H2,1H3. The van der Waals surface area contributed by atoms with Crippen molar-refractivity contribution in [3.05, 3.63) is 53.9 Å². The van der Waals surface area contributed by atoms with Crippen molar-refractivity contribution in [2.75, 3.05) is 0 Å². The largest absolute Gasteiger partial charge is 0.455 e. The summed E-state index contributed by atoms with van der Waals surface area (Å²) in [5.41, 5.74) is 7.50. The molecule has 82 valence electrons. The second-order valence-corrected chi connectivity index (χ2v) is 3.54. The van der Waals surface area contributed by atoms with Gasteiger partial charge in [-0.1, -0.05) is 12.1 Å². The molecule has 0 amide bonds. The smallest absolute Gasteiger partial charge is 0.148 e. The van der Waals surface area contributed by atoms with E-state index in [2.05, 4.69) is 4.98 Å². The molecular formula is C13H14N2O. The minimum absolute atomic E-state index is 0.517. The fourth-order valence-corrected chi connectivity index (χ4v) is 1.44. The number of hydrogen-bond acceptors (Lipinski definition) is 3. The number of pyridine rings is 1. The molecule has 0 aliphatic carbocycles. The van der Waals surface area contributed by atoms with E-state index >= 15 is 0 Å². The summed E-state index contributed by atoms with van der Waals surface area (Å²) in [6.07, 6.45) is 1.75. The van der Waals surface area contributed by atoms with Gasteiger partial charge in [0, 0.05) is 12.7 Å². The first-order valence-corrected chi connectivity index (χ1v) is 5.18.